The summed E-state index contributed by atoms with van der Waals surface area (Å²) in [6.07, 6.45) is 5.92. The number of allylic oxidation sites excluding steroid dienone is 2. The number of benzene rings is 1. The van der Waals surface area contributed by atoms with Crippen molar-refractivity contribution in [2.75, 3.05) is 38.3 Å². The molecule has 1 aromatic carbocycles. The molecule has 0 spiro atoms. The number of nitrogens with zero attached hydrogens (tertiary/aromatic N) is 3. The van der Waals surface area contributed by atoms with Crippen LogP contribution in [-0.2, 0) is 13.1 Å². The van der Waals surface area contributed by atoms with Gasteiger partial charge in [-0.3, -0.25) is 4.79 Å². The number of hydrogen-bond donors (Lipinski definition) is 2. The predicted molar refractivity (Wildman–Crippen MR) is 128 cm³/mol. The number of aromatic nitrogens is 2. The molecule has 8 heteroatoms. The quantitative estimate of drug-likeness (QED) is 0.536. The molecule has 7 nitrogen and oxygen atoms in total. The van der Waals surface area contributed by atoms with Crippen molar-refractivity contribution >= 4 is 11.6 Å². The maximum atomic E-state index is 12.9. The number of ether oxygens (including phenoxy) is 1. The van der Waals surface area contributed by atoms with Crippen LogP contribution in [0, 0.1) is 0 Å². The number of nitrogens with one attached hydrogen (secondary N) is 2. The van der Waals surface area contributed by atoms with E-state index in [0.717, 1.165) is 34.7 Å². The van der Waals surface area contributed by atoms with Crippen LogP contribution in [-0.4, -0.2) is 49.3 Å². The van der Waals surface area contributed by atoms with Gasteiger partial charge in [-0.1, -0.05) is 25.1 Å². The van der Waals surface area contributed by atoms with E-state index in [1.807, 2.05) is 51.2 Å². The third-order valence-electron chi connectivity index (χ3n) is 5.55. The lowest BCUT2D eigenvalue weighted by molar-refractivity contribution is 0.0945. The van der Waals surface area contributed by atoms with Crippen molar-refractivity contribution in [3.05, 3.63) is 70.8 Å². The van der Waals surface area contributed by atoms with E-state index in [4.69, 9.17) is 4.74 Å². The summed E-state index contributed by atoms with van der Waals surface area (Å²) in [6.45, 7) is 6.38. The van der Waals surface area contributed by atoms with Crippen LogP contribution in [0.5, 0.6) is 5.75 Å². The number of carbonyl (C=O) groups excluding carboxylic acids is 1. The summed E-state index contributed by atoms with van der Waals surface area (Å²) in [4.78, 5) is 23.1. The van der Waals surface area contributed by atoms with Crippen LogP contribution in [0.4, 0.5) is 10.1 Å². The molecule has 2 aromatic rings. The van der Waals surface area contributed by atoms with Crippen molar-refractivity contribution in [3.63, 3.8) is 0 Å². The summed E-state index contributed by atoms with van der Waals surface area (Å²) in [6, 6.07) is 7.63. The molecule has 3 rings (SSSR count). The van der Waals surface area contributed by atoms with Gasteiger partial charge in [0.1, 0.15) is 31.1 Å². The number of alkyl halides is 1. The second kappa shape index (κ2) is 12.1. The molecule has 0 unspecified atom stereocenters. The highest BCUT2D eigenvalue weighted by atomic mass is 19.1. The predicted octanol–water partition coefficient (Wildman–Crippen LogP) is 3.58. The van der Waals surface area contributed by atoms with Gasteiger partial charge in [-0.25, -0.2) is 14.4 Å². The van der Waals surface area contributed by atoms with Gasteiger partial charge < -0.3 is 20.3 Å². The number of hydrogen-bond acceptors (Lipinski definition) is 6. The molecule has 0 saturated carbocycles. The molecular weight excluding hydrogens is 421 g/mol. The Hall–Kier alpha value is -3.26. The van der Waals surface area contributed by atoms with Crippen LogP contribution < -0.4 is 20.3 Å². The zero-order valence-corrected chi connectivity index (χ0v) is 19.5. The molecule has 1 aromatic heterocycles. The van der Waals surface area contributed by atoms with Crippen molar-refractivity contribution in [3.8, 4) is 5.75 Å². The molecule has 0 bridgehead atoms. The van der Waals surface area contributed by atoms with Crippen LogP contribution in [0.3, 0.4) is 0 Å². The fourth-order valence-corrected chi connectivity index (χ4v) is 3.47. The first-order chi connectivity index (χ1) is 16.0. The highest BCUT2D eigenvalue weighted by Gasteiger charge is 2.15. The van der Waals surface area contributed by atoms with Crippen molar-refractivity contribution in [1.29, 1.82) is 0 Å². The first-order valence-corrected chi connectivity index (χ1v) is 11.2. The number of halogens is 1. The SMILES string of the molecule is C/C=C(\C=C(\CC)CF)CNCc1cc(C(=O)NCc2ccc3c(c2)OCCN3C)ncn1. The van der Waals surface area contributed by atoms with E-state index in [1.165, 1.54) is 6.33 Å². The minimum atomic E-state index is -0.437. The Bertz CT molecular complexity index is 1020. The molecular formula is C25H32FN5O2. The Morgan fingerprint density at radius 1 is 1.27 bits per heavy atom. The van der Waals surface area contributed by atoms with E-state index in [2.05, 4.69) is 25.5 Å². The molecule has 1 aliphatic rings. The highest BCUT2D eigenvalue weighted by Crippen LogP contribution is 2.31. The second-order valence-electron chi connectivity index (χ2n) is 7.91. The maximum absolute atomic E-state index is 12.9. The molecule has 1 amide bonds. The molecule has 2 heterocycles. The number of rotatable bonds is 10. The molecule has 0 radical (unpaired) electrons. The monoisotopic (exact) mass is 453 g/mol. The standard InChI is InChI=1S/C25H32FN5O2/c1-4-18(13-26)10-19(5-2)14-27-16-21-12-22(30-17-29-21)25(32)28-15-20-6-7-23-24(11-20)33-9-8-31(23)3/h5-7,10-12,17,27H,4,8-9,13-16H2,1-3H3,(H,28,32)/b18-10-,19-5+. The third kappa shape index (κ3) is 6.86. The topological polar surface area (TPSA) is 79.4 Å². The van der Waals surface area contributed by atoms with Gasteiger partial charge in [-0.05, 0) is 48.3 Å². The van der Waals surface area contributed by atoms with E-state index in [0.29, 0.717) is 44.0 Å². The van der Waals surface area contributed by atoms with Gasteiger partial charge in [0, 0.05) is 26.7 Å². The molecule has 33 heavy (non-hydrogen) atoms. The number of carbonyl (C=O) groups is 1. The number of fused-ring (bicyclic) bond motifs is 1. The molecule has 0 atom stereocenters. The molecule has 0 fully saturated rings. The number of likely N-dealkylation sites (N-methyl/N-ethyl adjacent to an activating group) is 1. The first-order valence-electron chi connectivity index (χ1n) is 11.2. The highest BCUT2D eigenvalue weighted by molar-refractivity contribution is 5.92. The van der Waals surface area contributed by atoms with E-state index in [-0.39, 0.29) is 5.91 Å². The van der Waals surface area contributed by atoms with Gasteiger partial charge in [0.05, 0.1) is 17.9 Å². The summed E-state index contributed by atoms with van der Waals surface area (Å²) in [5, 5.41) is 6.19. The fraction of sp³-hybridized carbons (Fsp3) is 0.400. The lowest BCUT2D eigenvalue weighted by Gasteiger charge is -2.28. The minimum absolute atomic E-state index is 0.262. The van der Waals surface area contributed by atoms with Gasteiger partial charge in [-0.2, -0.15) is 0 Å². The van der Waals surface area contributed by atoms with Crippen LogP contribution in [0.2, 0.25) is 0 Å². The van der Waals surface area contributed by atoms with E-state index < -0.39 is 6.67 Å². The fourth-order valence-electron chi connectivity index (χ4n) is 3.47. The Balaban J connectivity index is 1.54. The van der Waals surface area contributed by atoms with Crippen LogP contribution in [0.1, 0.15) is 42.0 Å². The summed E-state index contributed by atoms with van der Waals surface area (Å²) < 4.78 is 18.7. The zero-order chi connectivity index (χ0) is 23.6. The average Bonchev–Trinajstić information content (AvgIpc) is 2.85. The van der Waals surface area contributed by atoms with E-state index in [9.17, 15) is 9.18 Å². The Morgan fingerprint density at radius 2 is 2.12 bits per heavy atom. The summed E-state index contributed by atoms with van der Waals surface area (Å²) >= 11 is 0. The Morgan fingerprint density at radius 3 is 2.88 bits per heavy atom. The second-order valence-corrected chi connectivity index (χ2v) is 7.91. The maximum Gasteiger partial charge on any atom is 0.270 e. The lowest BCUT2D eigenvalue weighted by atomic mass is 10.1. The Kier molecular flexibility index (Phi) is 8.95. The Labute approximate surface area is 194 Å². The average molecular weight is 454 g/mol. The zero-order valence-electron chi connectivity index (χ0n) is 19.5. The third-order valence-corrected chi connectivity index (χ3v) is 5.55. The molecule has 1 aliphatic heterocycles. The van der Waals surface area contributed by atoms with Crippen molar-refractivity contribution in [2.45, 2.75) is 33.4 Å². The van der Waals surface area contributed by atoms with Crippen LogP contribution in [0.15, 0.2) is 53.9 Å². The van der Waals surface area contributed by atoms with E-state index in [1.54, 1.807) is 6.07 Å². The van der Waals surface area contributed by atoms with Crippen molar-refractivity contribution in [2.24, 2.45) is 0 Å². The largest absolute Gasteiger partial charge is 0.490 e. The first kappa shape index (κ1) is 24.4. The lowest BCUT2D eigenvalue weighted by Crippen LogP contribution is -2.29. The smallest absolute Gasteiger partial charge is 0.270 e. The van der Waals surface area contributed by atoms with Gasteiger partial charge in [-0.15, -0.1) is 0 Å². The van der Waals surface area contributed by atoms with Gasteiger partial charge in [0.2, 0.25) is 0 Å². The molecule has 0 saturated heterocycles. The minimum Gasteiger partial charge on any atom is -0.490 e. The number of amides is 1. The van der Waals surface area contributed by atoms with E-state index >= 15 is 0 Å². The van der Waals surface area contributed by atoms with Gasteiger partial charge in [0.25, 0.3) is 5.91 Å². The summed E-state index contributed by atoms with van der Waals surface area (Å²) in [5.74, 6) is 0.570. The van der Waals surface area contributed by atoms with Gasteiger partial charge >= 0.3 is 0 Å². The molecule has 2 N–H and O–H groups in total. The summed E-state index contributed by atoms with van der Waals surface area (Å²) in [5.41, 5.74) is 4.81. The van der Waals surface area contributed by atoms with Crippen molar-refractivity contribution < 1.29 is 13.9 Å². The van der Waals surface area contributed by atoms with Crippen LogP contribution in [0.25, 0.3) is 0 Å². The summed E-state index contributed by atoms with van der Waals surface area (Å²) in [7, 11) is 2.03. The van der Waals surface area contributed by atoms with Crippen LogP contribution >= 0.6 is 0 Å². The van der Waals surface area contributed by atoms with Crippen molar-refractivity contribution in [1.82, 2.24) is 20.6 Å². The van der Waals surface area contributed by atoms with Gasteiger partial charge in [0.15, 0.2) is 0 Å². The molecule has 176 valence electrons. The normalized spacial score (nSPS) is 14.0. The number of anilines is 1. The molecule has 0 aliphatic carbocycles.